The summed E-state index contributed by atoms with van der Waals surface area (Å²) in [5, 5.41) is 0. The van der Waals surface area contributed by atoms with E-state index in [0.29, 0.717) is 6.04 Å². The van der Waals surface area contributed by atoms with Crippen LogP contribution in [0.2, 0.25) is 0 Å². The van der Waals surface area contributed by atoms with Crippen LogP contribution in [-0.2, 0) is 9.53 Å². The fourth-order valence-corrected chi connectivity index (χ4v) is 3.37. The molecule has 2 aliphatic heterocycles. The van der Waals surface area contributed by atoms with Gasteiger partial charge in [0.05, 0.1) is 20.1 Å². The number of ether oxygens (including phenoxy) is 1. The van der Waals surface area contributed by atoms with Crippen LogP contribution in [-0.4, -0.2) is 42.7 Å². The van der Waals surface area contributed by atoms with Gasteiger partial charge in [0.2, 0.25) is 0 Å². The fourth-order valence-electron chi connectivity index (χ4n) is 3.37. The Balaban J connectivity index is 2.08. The summed E-state index contributed by atoms with van der Waals surface area (Å²) in [6.07, 6.45) is 6.31. The Kier molecular flexibility index (Phi) is 3.01. The molecule has 2 rings (SSSR count). The van der Waals surface area contributed by atoms with Crippen LogP contribution in [0.15, 0.2) is 0 Å². The third-order valence-corrected chi connectivity index (χ3v) is 4.12. The van der Waals surface area contributed by atoms with E-state index < -0.39 is 0 Å². The van der Waals surface area contributed by atoms with Crippen molar-refractivity contribution < 1.29 is 14.0 Å². The highest BCUT2D eigenvalue weighted by Gasteiger charge is 2.44. The molecule has 0 bridgehead atoms. The Morgan fingerprint density at radius 3 is 2.67 bits per heavy atom. The van der Waals surface area contributed by atoms with Gasteiger partial charge in [0.1, 0.15) is 6.04 Å². The Morgan fingerprint density at radius 1 is 1.20 bits per heavy atom. The fraction of sp³-hybridized carbons (Fsp3) is 0.917. The summed E-state index contributed by atoms with van der Waals surface area (Å²) in [6, 6.07) is 0.566. The molecule has 0 aromatic heterocycles. The van der Waals surface area contributed by atoms with E-state index in [2.05, 4.69) is 7.05 Å². The molecule has 0 N–H and O–H groups in total. The molecule has 3 atom stereocenters. The van der Waals surface area contributed by atoms with Crippen molar-refractivity contribution in [2.24, 2.45) is 0 Å². The lowest BCUT2D eigenvalue weighted by Gasteiger charge is -2.50. The number of piperidine rings is 2. The van der Waals surface area contributed by atoms with E-state index in [1.807, 2.05) is 0 Å². The lowest BCUT2D eigenvalue weighted by molar-refractivity contribution is -0.946. The molecule has 0 aromatic carbocycles. The predicted molar refractivity (Wildman–Crippen MR) is 58.3 cm³/mol. The van der Waals surface area contributed by atoms with Gasteiger partial charge in [-0.3, -0.25) is 4.79 Å². The molecule has 0 radical (unpaired) electrons. The third-order valence-electron chi connectivity index (χ3n) is 4.12. The average molecular weight is 212 g/mol. The van der Waals surface area contributed by atoms with Crippen LogP contribution in [0, 0.1) is 0 Å². The van der Waals surface area contributed by atoms with E-state index in [1.165, 1.54) is 45.7 Å². The smallest absolute Gasteiger partial charge is 0.303 e. The maximum Gasteiger partial charge on any atom is 0.303 e. The number of hydrogen-bond donors (Lipinski definition) is 0. The van der Waals surface area contributed by atoms with Crippen LogP contribution in [0.4, 0.5) is 0 Å². The van der Waals surface area contributed by atoms with Crippen LogP contribution in [0.3, 0.4) is 0 Å². The van der Waals surface area contributed by atoms with Gasteiger partial charge in [0.25, 0.3) is 0 Å². The van der Waals surface area contributed by atoms with Crippen LogP contribution in [0.5, 0.6) is 0 Å². The van der Waals surface area contributed by atoms with E-state index in [0.717, 1.165) is 10.9 Å². The van der Waals surface area contributed by atoms with Gasteiger partial charge in [0, 0.05) is 19.8 Å². The number of fused-ring (bicyclic) bond motifs is 1. The predicted octanol–water partition coefficient (Wildman–Crippen LogP) is 1.71. The van der Waals surface area contributed by atoms with Crippen molar-refractivity contribution >= 4 is 5.97 Å². The third kappa shape index (κ3) is 2.17. The summed E-state index contributed by atoms with van der Waals surface area (Å²) < 4.78 is 6.61. The summed E-state index contributed by atoms with van der Waals surface area (Å²) in [4.78, 5) is 11.1. The van der Waals surface area contributed by atoms with Crippen molar-refractivity contribution in [2.75, 3.05) is 20.1 Å². The summed E-state index contributed by atoms with van der Waals surface area (Å²) in [6.45, 7) is 4.06. The monoisotopic (exact) mass is 212 g/mol. The number of rotatable bonds is 1. The van der Waals surface area contributed by atoms with Crippen LogP contribution < -0.4 is 0 Å². The first-order valence-corrected chi connectivity index (χ1v) is 6.13. The zero-order valence-corrected chi connectivity index (χ0v) is 9.87. The minimum Gasteiger partial charge on any atom is -0.456 e. The lowest BCUT2D eigenvalue weighted by Crippen LogP contribution is -2.63. The van der Waals surface area contributed by atoms with E-state index in [9.17, 15) is 4.79 Å². The van der Waals surface area contributed by atoms with Crippen molar-refractivity contribution in [1.82, 2.24) is 0 Å². The molecule has 0 amide bonds. The molecule has 15 heavy (non-hydrogen) atoms. The number of esters is 1. The first-order valence-electron chi connectivity index (χ1n) is 6.13. The van der Waals surface area contributed by atoms with Gasteiger partial charge in [-0.05, 0) is 19.3 Å². The SMILES string of the molecule is CC(=O)O[C@H]1CCC[N+]2(C)CCCC[C@H]12. The summed E-state index contributed by atoms with van der Waals surface area (Å²) in [7, 11) is 2.33. The number of carbonyl (C=O) groups excluding carboxylic acids is 1. The van der Waals surface area contributed by atoms with Gasteiger partial charge < -0.3 is 9.22 Å². The molecule has 2 heterocycles. The maximum absolute atomic E-state index is 11.1. The topological polar surface area (TPSA) is 26.3 Å². The Labute approximate surface area is 92.0 Å². The molecular formula is C12H22NO2+. The molecule has 3 heteroatoms. The van der Waals surface area contributed by atoms with Crippen LogP contribution >= 0.6 is 0 Å². The zero-order chi connectivity index (χ0) is 10.9. The number of nitrogens with zero attached hydrogens (tertiary/aromatic N) is 1. The molecule has 0 saturated carbocycles. The summed E-state index contributed by atoms with van der Waals surface area (Å²) in [5.41, 5.74) is 0. The van der Waals surface area contributed by atoms with Crippen LogP contribution in [0.25, 0.3) is 0 Å². The first-order chi connectivity index (χ1) is 7.12. The number of hydrogen-bond acceptors (Lipinski definition) is 2. The van der Waals surface area contributed by atoms with Gasteiger partial charge in [0.15, 0.2) is 6.10 Å². The second-order valence-electron chi connectivity index (χ2n) is 5.28. The molecule has 2 fully saturated rings. The standard InChI is InChI=1S/C12H22NO2/c1-10(14)15-12-7-5-9-13(2)8-4-3-6-11(12)13/h11-12H,3-9H2,1-2H3/q+1/t11-,12+,13?/m1/s1. The minimum absolute atomic E-state index is 0.112. The van der Waals surface area contributed by atoms with E-state index in [1.54, 1.807) is 0 Å². The van der Waals surface area contributed by atoms with Crippen LogP contribution in [0.1, 0.15) is 39.0 Å². The molecule has 2 aliphatic rings. The average Bonchev–Trinajstić information content (AvgIpc) is 2.16. The molecule has 86 valence electrons. The summed E-state index contributed by atoms with van der Waals surface area (Å²) >= 11 is 0. The van der Waals surface area contributed by atoms with Gasteiger partial charge in [-0.25, -0.2) is 0 Å². The van der Waals surface area contributed by atoms with Crippen molar-refractivity contribution in [1.29, 1.82) is 0 Å². The van der Waals surface area contributed by atoms with Gasteiger partial charge in [-0.15, -0.1) is 0 Å². The lowest BCUT2D eigenvalue weighted by atomic mass is 9.88. The Bertz CT molecular complexity index is 250. The van der Waals surface area contributed by atoms with E-state index in [4.69, 9.17) is 4.74 Å². The van der Waals surface area contributed by atoms with E-state index in [-0.39, 0.29) is 12.1 Å². The second-order valence-corrected chi connectivity index (χ2v) is 5.28. The molecule has 0 aromatic rings. The second kappa shape index (κ2) is 4.12. The molecular weight excluding hydrogens is 190 g/mol. The molecule has 0 aliphatic carbocycles. The zero-order valence-electron chi connectivity index (χ0n) is 9.87. The van der Waals surface area contributed by atoms with Gasteiger partial charge >= 0.3 is 5.97 Å². The molecule has 1 unspecified atom stereocenters. The Morgan fingerprint density at radius 2 is 1.93 bits per heavy atom. The minimum atomic E-state index is -0.112. The summed E-state index contributed by atoms with van der Waals surface area (Å²) in [5.74, 6) is -0.112. The number of carbonyl (C=O) groups is 1. The Hall–Kier alpha value is -0.570. The maximum atomic E-state index is 11.1. The van der Waals surface area contributed by atoms with Gasteiger partial charge in [-0.2, -0.15) is 0 Å². The normalized spacial score (nSPS) is 40.7. The molecule has 0 spiro atoms. The van der Waals surface area contributed by atoms with Crippen molar-refractivity contribution in [3.8, 4) is 0 Å². The quantitative estimate of drug-likeness (QED) is 0.488. The highest BCUT2D eigenvalue weighted by atomic mass is 16.5. The highest BCUT2D eigenvalue weighted by molar-refractivity contribution is 5.66. The largest absolute Gasteiger partial charge is 0.456 e. The van der Waals surface area contributed by atoms with Crippen molar-refractivity contribution in [3.05, 3.63) is 0 Å². The van der Waals surface area contributed by atoms with Crippen molar-refractivity contribution in [2.45, 2.75) is 51.2 Å². The molecule has 3 nitrogen and oxygen atoms in total. The number of quaternary nitrogens is 1. The van der Waals surface area contributed by atoms with Crippen molar-refractivity contribution in [3.63, 3.8) is 0 Å². The first kappa shape index (κ1) is 10.9. The number of likely N-dealkylation sites (N-methyl/N-ethyl adjacent to an activating group) is 1. The van der Waals surface area contributed by atoms with Gasteiger partial charge in [-0.1, -0.05) is 0 Å². The highest BCUT2D eigenvalue weighted by Crippen LogP contribution is 2.33. The van der Waals surface area contributed by atoms with E-state index >= 15 is 0 Å². The molecule has 2 saturated heterocycles.